The summed E-state index contributed by atoms with van der Waals surface area (Å²) in [4.78, 5) is 13.4. The molecule has 1 N–H and O–H groups in total. The number of halogens is 3. The third-order valence-corrected chi connectivity index (χ3v) is 6.63. The maximum absolute atomic E-state index is 14.0. The van der Waals surface area contributed by atoms with Gasteiger partial charge in [0.15, 0.2) is 11.5 Å². The van der Waals surface area contributed by atoms with E-state index in [0.717, 1.165) is 11.6 Å². The molecule has 196 valence electrons. The van der Waals surface area contributed by atoms with Crippen molar-refractivity contribution in [2.75, 3.05) is 19.7 Å². The summed E-state index contributed by atoms with van der Waals surface area (Å²) in [6.45, 7) is 3.25. The van der Waals surface area contributed by atoms with Gasteiger partial charge in [0, 0.05) is 0 Å². The Morgan fingerprint density at radius 2 is 1.65 bits per heavy atom. The molecule has 5 nitrogen and oxygen atoms in total. The lowest BCUT2D eigenvalue weighted by molar-refractivity contribution is -0.143. The van der Waals surface area contributed by atoms with E-state index in [1.807, 2.05) is 42.2 Å². The zero-order valence-corrected chi connectivity index (χ0v) is 20.6. The number of benzene rings is 3. The van der Waals surface area contributed by atoms with Crippen LogP contribution in [-0.4, -0.2) is 35.7 Å². The van der Waals surface area contributed by atoms with E-state index in [4.69, 9.17) is 9.47 Å². The Morgan fingerprint density at radius 3 is 2.30 bits per heavy atom. The first-order valence-electron chi connectivity index (χ1n) is 12.3. The highest BCUT2D eigenvalue weighted by Gasteiger charge is 2.38. The van der Waals surface area contributed by atoms with E-state index in [9.17, 15) is 23.1 Å². The molecule has 3 aromatic rings. The smallest absolute Gasteiger partial charge is 0.416 e. The van der Waals surface area contributed by atoms with Crippen molar-refractivity contribution in [3.05, 3.63) is 95.1 Å². The minimum atomic E-state index is -4.53. The molecule has 0 aromatic heterocycles. The molecule has 0 spiro atoms. The average molecular weight is 514 g/mol. The highest BCUT2D eigenvalue weighted by atomic mass is 19.4. The Bertz CT molecular complexity index is 1190. The van der Waals surface area contributed by atoms with Gasteiger partial charge in [0.25, 0.3) is 0 Å². The van der Waals surface area contributed by atoms with Gasteiger partial charge in [0.2, 0.25) is 0 Å². The number of carbonyl (C=O) groups is 1. The molecule has 1 saturated heterocycles. The summed E-state index contributed by atoms with van der Waals surface area (Å²) in [7, 11) is 0. The van der Waals surface area contributed by atoms with Crippen LogP contribution in [0.1, 0.15) is 48.1 Å². The molecular weight excluding hydrogens is 483 g/mol. The summed E-state index contributed by atoms with van der Waals surface area (Å²) in [6.07, 6.45) is -3.79. The normalized spacial score (nSPS) is 15.8. The molecule has 37 heavy (non-hydrogen) atoms. The van der Waals surface area contributed by atoms with Gasteiger partial charge in [-0.2, -0.15) is 13.2 Å². The van der Waals surface area contributed by atoms with E-state index in [2.05, 4.69) is 0 Å². The van der Waals surface area contributed by atoms with Gasteiger partial charge < -0.3 is 14.6 Å². The Labute approximate surface area is 214 Å². The fraction of sp³-hybridized carbons (Fsp3) is 0.345. The largest absolute Gasteiger partial charge is 0.490 e. The van der Waals surface area contributed by atoms with Crippen LogP contribution in [0.3, 0.4) is 0 Å². The quantitative estimate of drug-likeness (QED) is 0.351. The molecule has 1 unspecified atom stereocenters. The van der Waals surface area contributed by atoms with Crippen LogP contribution in [0.2, 0.25) is 0 Å². The highest BCUT2D eigenvalue weighted by Crippen LogP contribution is 2.42. The van der Waals surface area contributed by atoms with Crippen LogP contribution in [0.5, 0.6) is 11.5 Å². The van der Waals surface area contributed by atoms with Gasteiger partial charge in [-0.15, -0.1) is 0 Å². The second-order valence-electron chi connectivity index (χ2n) is 9.05. The minimum absolute atomic E-state index is 0.129. The average Bonchev–Trinajstić information content (AvgIpc) is 2.89. The maximum Gasteiger partial charge on any atom is 0.416 e. The highest BCUT2D eigenvalue weighted by molar-refractivity contribution is 5.70. The summed E-state index contributed by atoms with van der Waals surface area (Å²) in [5.74, 6) is -0.416. The number of likely N-dealkylation sites (tertiary alicyclic amines) is 1. The van der Waals surface area contributed by atoms with Gasteiger partial charge in [0.05, 0.1) is 24.1 Å². The van der Waals surface area contributed by atoms with Crippen molar-refractivity contribution in [3.63, 3.8) is 0 Å². The van der Waals surface area contributed by atoms with Gasteiger partial charge >= 0.3 is 12.1 Å². The van der Waals surface area contributed by atoms with Crippen molar-refractivity contribution in [1.82, 2.24) is 4.90 Å². The van der Waals surface area contributed by atoms with Crippen molar-refractivity contribution >= 4 is 5.97 Å². The lowest BCUT2D eigenvalue weighted by Crippen LogP contribution is -2.39. The molecule has 0 amide bonds. The van der Waals surface area contributed by atoms with Crippen molar-refractivity contribution in [1.29, 1.82) is 0 Å². The summed E-state index contributed by atoms with van der Waals surface area (Å²) < 4.78 is 54.0. The van der Waals surface area contributed by atoms with Crippen LogP contribution in [0.4, 0.5) is 13.2 Å². The van der Waals surface area contributed by atoms with Crippen molar-refractivity contribution in [2.24, 2.45) is 5.92 Å². The van der Waals surface area contributed by atoms with Crippen molar-refractivity contribution in [3.8, 4) is 11.5 Å². The number of carboxylic acid groups (broad SMARTS) is 1. The summed E-state index contributed by atoms with van der Waals surface area (Å²) in [5, 5.41) is 9.41. The number of nitrogens with zero attached hydrogens (tertiary/aromatic N) is 1. The number of alkyl halides is 3. The minimum Gasteiger partial charge on any atom is -0.490 e. The number of hydrogen-bond donors (Lipinski definition) is 1. The molecule has 1 heterocycles. The SMILES string of the molecule is CCOc1cc(C(c2ccccc2C(F)(F)F)N2CCC(C(=O)O)CC2)ccc1OCc1ccccc1. The zero-order valence-electron chi connectivity index (χ0n) is 20.6. The molecular formula is C29H30F3NO4. The Balaban J connectivity index is 1.72. The standard InChI is InChI=1S/C29H30F3NO4/c1-2-36-26-18-22(12-13-25(26)37-19-20-8-4-3-5-9-20)27(33-16-14-21(15-17-33)28(34)35)23-10-6-7-11-24(23)29(30,31)32/h3-13,18,21,27H,2,14-17,19H2,1H3,(H,34,35). The first kappa shape index (κ1) is 26.5. The fourth-order valence-electron chi connectivity index (χ4n) is 4.80. The number of aliphatic carboxylic acids is 1. The lowest BCUT2D eigenvalue weighted by atomic mass is 9.89. The number of piperidine rings is 1. The summed E-state index contributed by atoms with van der Waals surface area (Å²) >= 11 is 0. The molecule has 4 rings (SSSR count). The fourth-order valence-corrected chi connectivity index (χ4v) is 4.80. The molecule has 8 heteroatoms. The molecule has 1 aliphatic rings. The van der Waals surface area contributed by atoms with E-state index in [-0.39, 0.29) is 5.56 Å². The number of ether oxygens (including phenoxy) is 2. The van der Waals surface area contributed by atoms with Crippen LogP contribution in [0, 0.1) is 5.92 Å². The van der Waals surface area contributed by atoms with Crippen LogP contribution < -0.4 is 9.47 Å². The summed E-state index contributed by atoms with van der Waals surface area (Å²) in [6, 6.07) is 19.7. The Hall–Kier alpha value is -3.52. The number of carboxylic acids is 1. The van der Waals surface area contributed by atoms with Gasteiger partial charge in [-0.1, -0.05) is 54.6 Å². The third-order valence-electron chi connectivity index (χ3n) is 6.63. The third kappa shape index (κ3) is 6.43. The van der Waals surface area contributed by atoms with Crippen molar-refractivity contribution in [2.45, 2.75) is 38.6 Å². The Morgan fingerprint density at radius 1 is 0.973 bits per heavy atom. The topological polar surface area (TPSA) is 59.0 Å². The lowest BCUT2D eigenvalue weighted by Gasteiger charge is -2.38. The monoisotopic (exact) mass is 513 g/mol. The van der Waals surface area contributed by atoms with Crippen LogP contribution >= 0.6 is 0 Å². The van der Waals surface area contributed by atoms with Crippen LogP contribution in [0.15, 0.2) is 72.8 Å². The number of rotatable bonds is 9. The summed E-state index contributed by atoms with van der Waals surface area (Å²) in [5.41, 5.74) is 1.03. The van der Waals surface area contributed by atoms with Crippen LogP contribution in [0.25, 0.3) is 0 Å². The molecule has 1 aliphatic heterocycles. The first-order valence-corrected chi connectivity index (χ1v) is 12.3. The second kappa shape index (κ2) is 11.7. The zero-order chi connectivity index (χ0) is 26.4. The molecule has 3 aromatic carbocycles. The molecule has 0 saturated carbocycles. The van der Waals surface area contributed by atoms with Crippen molar-refractivity contribution < 1.29 is 32.5 Å². The maximum atomic E-state index is 14.0. The van der Waals surface area contributed by atoms with E-state index in [1.54, 1.807) is 24.3 Å². The van der Waals surface area contributed by atoms with Crippen LogP contribution in [-0.2, 0) is 17.6 Å². The Kier molecular flexibility index (Phi) is 8.38. The van der Waals surface area contributed by atoms with Gasteiger partial charge in [0.1, 0.15) is 6.61 Å². The molecule has 1 fully saturated rings. The molecule has 1 atom stereocenters. The van der Waals surface area contributed by atoms with Gasteiger partial charge in [-0.05, 0) is 67.7 Å². The molecule has 0 bridgehead atoms. The molecule has 0 aliphatic carbocycles. The van der Waals surface area contributed by atoms with Gasteiger partial charge in [-0.3, -0.25) is 9.69 Å². The second-order valence-corrected chi connectivity index (χ2v) is 9.05. The first-order chi connectivity index (χ1) is 17.8. The molecule has 0 radical (unpaired) electrons. The predicted molar refractivity (Wildman–Crippen MR) is 134 cm³/mol. The van der Waals surface area contributed by atoms with E-state index in [0.29, 0.717) is 56.2 Å². The van der Waals surface area contributed by atoms with E-state index in [1.165, 1.54) is 12.1 Å². The predicted octanol–water partition coefficient (Wildman–Crippen LogP) is 6.57. The van der Waals surface area contributed by atoms with Gasteiger partial charge in [-0.25, -0.2) is 0 Å². The number of hydrogen-bond acceptors (Lipinski definition) is 4. The van der Waals surface area contributed by atoms with E-state index >= 15 is 0 Å². The van der Waals surface area contributed by atoms with E-state index < -0.39 is 29.7 Å².